The van der Waals surface area contributed by atoms with Crippen molar-refractivity contribution in [3.05, 3.63) is 35.9 Å². The second kappa shape index (κ2) is 6.07. The summed E-state index contributed by atoms with van der Waals surface area (Å²) in [4.78, 5) is 25.0. The van der Waals surface area contributed by atoms with E-state index >= 15 is 0 Å². The van der Waals surface area contributed by atoms with Crippen LogP contribution in [0.15, 0.2) is 30.3 Å². The minimum atomic E-state index is -0.950. The first-order chi connectivity index (χ1) is 9.57. The summed E-state index contributed by atoms with van der Waals surface area (Å²) in [7, 11) is 0. The smallest absolute Gasteiger partial charge is 0.323 e. The first-order valence-corrected chi connectivity index (χ1v) is 7.12. The largest absolute Gasteiger partial charge is 0.480 e. The molecule has 2 rings (SSSR count). The standard InChI is InChI=1S/C16H21NO3/c1-2-17(12-14(18)19)15(20)16(9-6-10-16)11-13-7-4-3-5-8-13/h3-5,7-8H,2,6,9-12H2,1H3,(H,18,19). The van der Waals surface area contributed by atoms with Crippen LogP contribution in [0.25, 0.3) is 0 Å². The number of aliphatic carboxylic acids is 1. The maximum atomic E-state index is 12.7. The Balaban J connectivity index is 2.13. The molecule has 1 aromatic carbocycles. The zero-order valence-corrected chi connectivity index (χ0v) is 11.8. The van der Waals surface area contributed by atoms with Crippen molar-refractivity contribution in [2.45, 2.75) is 32.6 Å². The van der Waals surface area contributed by atoms with Crippen molar-refractivity contribution in [2.75, 3.05) is 13.1 Å². The molecule has 0 unspecified atom stereocenters. The van der Waals surface area contributed by atoms with Gasteiger partial charge in [-0.3, -0.25) is 9.59 Å². The Hall–Kier alpha value is -1.84. The highest BCUT2D eigenvalue weighted by molar-refractivity contribution is 5.87. The highest BCUT2D eigenvalue weighted by Crippen LogP contribution is 2.45. The number of carboxylic acids is 1. The van der Waals surface area contributed by atoms with Crippen molar-refractivity contribution < 1.29 is 14.7 Å². The molecule has 20 heavy (non-hydrogen) atoms. The van der Waals surface area contributed by atoms with E-state index in [0.29, 0.717) is 13.0 Å². The van der Waals surface area contributed by atoms with Gasteiger partial charge in [-0.1, -0.05) is 36.8 Å². The van der Waals surface area contributed by atoms with Gasteiger partial charge in [-0.2, -0.15) is 0 Å². The van der Waals surface area contributed by atoms with Gasteiger partial charge in [-0.05, 0) is 31.7 Å². The number of likely N-dealkylation sites (N-methyl/N-ethyl adjacent to an activating group) is 1. The normalized spacial score (nSPS) is 16.2. The summed E-state index contributed by atoms with van der Waals surface area (Å²) in [5, 5.41) is 8.92. The Morgan fingerprint density at radius 1 is 1.25 bits per heavy atom. The van der Waals surface area contributed by atoms with Crippen LogP contribution in [0.1, 0.15) is 31.7 Å². The lowest BCUT2D eigenvalue weighted by Crippen LogP contribution is -2.50. The first kappa shape index (κ1) is 14.6. The van der Waals surface area contributed by atoms with Gasteiger partial charge in [-0.25, -0.2) is 0 Å². The van der Waals surface area contributed by atoms with E-state index in [0.717, 1.165) is 24.8 Å². The minimum Gasteiger partial charge on any atom is -0.480 e. The van der Waals surface area contributed by atoms with Crippen LogP contribution in [0.3, 0.4) is 0 Å². The van der Waals surface area contributed by atoms with Crippen LogP contribution in [0.5, 0.6) is 0 Å². The molecule has 1 aliphatic carbocycles. The van der Waals surface area contributed by atoms with Crippen molar-refractivity contribution in [3.63, 3.8) is 0 Å². The summed E-state index contributed by atoms with van der Waals surface area (Å²) in [6.07, 6.45) is 3.47. The molecule has 1 aromatic rings. The van der Waals surface area contributed by atoms with Gasteiger partial charge in [0, 0.05) is 6.54 Å². The van der Waals surface area contributed by atoms with Crippen LogP contribution in [0, 0.1) is 5.41 Å². The van der Waals surface area contributed by atoms with Gasteiger partial charge >= 0.3 is 5.97 Å². The fourth-order valence-electron chi connectivity index (χ4n) is 2.88. The minimum absolute atomic E-state index is 0.00231. The lowest BCUT2D eigenvalue weighted by atomic mass is 9.64. The topological polar surface area (TPSA) is 57.6 Å². The maximum absolute atomic E-state index is 12.7. The molecule has 4 nitrogen and oxygen atoms in total. The monoisotopic (exact) mass is 275 g/mol. The van der Waals surface area contributed by atoms with E-state index in [1.165, 1.54) is 4.90 Å². The van der Waals surface area contributed by atoms with E-state index in [1.807, 2.05) is 37.3 Å². The Labute approximate surface area is 119 Å². The van der Waals surface area contributed by atoms with Crippen molar-refractivity contribution in [3.8, 4) is 0 Å². The highest BCUT2D eigenvalue weighted by atomic mass is 16.4. The molecule has 0 bridgehead atoms. The fraction of sp³-hybridized carbons (Fsp3) is 0.500. The zero-order valence-electron chi connectivity index (χ0n) is 11.8. The molecule has 0 aliphatic heterocycles. The quantitative estimate of drug-likeness (QED) is 0.867. The highest BCUT2D eigenvalue weighted by Gasteiger charge is 2.46. The molecule has 1 aliphatic rings. The molecular formula is C16H21NO3. The Kier molecular flexibility index (Phi) is 4.42. The molecule has 0 aromatic heterocycles. The summed E-state index contributed by atoms with van der Waals surface area (Å²) in [5.74, 6) is -0.952. The van der Waals surface area contributed by atoms with Crippen LogP contribution in [0.4, 0.5) is 0 Å². The summed E-state index contributed by atoms with van der Waals surface area (Å²) in [5.41, 5.74) is 0.763. The lowest BCUT2D eigenvalue weighted by Gasteiger charge is -2.43. The van der Waals surface area contributed by atoms with Crippen LogP contribution >= 0.6 is 0 Å². The van der Waals surface area contributed by atoms with E-state index in [4.69, 9.17) is 5.11 Å². The van der Waals surface area contributed by atoms with Crippen LogP contribution in [-0.4, -0.2) is 35.0 Å². The number of amides is 1. The average Bonchev–Trinajstić information content (AvgIpc) is 2.40. The second-order valence-corrected chi connectivity index (χ2v) is 5.51. The molecule has 4 heteroatoms. The number of benzene rings is 1. The van der Waals surface area contributed by atoms with E-state index < -0.39 is 5.97 Å². The summed E-state index contributed by atoms with van der Waals surface area (Å²) in [6, 6.07) is 9.96. The predicted octanol–water partition coefficient (Wildman–Crippen LogP) is 2.33. The molecule has 1 N–H and O–H groups in total. The van der Waals surface area contributed by atoms with Crippen molar-refractivity contribution in [1.29, 1.82) is 0 Å². The van der Waals surface area contributed by atoms with Crippen LogP contribution < -0.4 is 0 Å². The molecule has 1 amide bonds. The van der Waals surface area contributed by atoms with Crippen molar-refractivity contribution in [1.82, 2.24) is 4.90 Å². The molecule has 0 heterocycles. The molecule has 1 saturated carbocycles. The van der Waals surface area contributed by atoms with E-state index in [9.17, 15) is 9.59 Å². The summed E-state index contributed by atoms with van der Waals surface area (Å²) >= 11 is 0. The number of carboxylic acid groups (broad SMARTS) is 1. The molecule has 0 atom stereocenters. The zero-order chi connectivity index (χ0) is 14.6. The Morgan fingerprint density at radius 3 is 2.35 bits per heavy atom. The third-order valence-corrected chi connectivity index (χ3v) is 4.14. The maximum Gasteiger partial charge on any atom is 0.323 e. The summed E-state index contributed by atoms with van der Waals surface area (Å²) in [6.45, 7) is 2.07. The number of carbonyl (C=O) groups is 2. The molecule has 0 radical (unpaired) electrons. The number of nitrogens with zero attached hydrogens (tertiary/aromatic N) is 1. The first-order valence-electron chi connectivity index (χ1n) is 7.12. The van der Waals surface area contributed by atoms with Crippen LogP contribution in [0.2, 0.25) is 0 Å². The van der Waals surface area contributed by atoms with Gasteiger partial charge < -0.3 is 10.0 Å². The average molecular weight is 275 g/mol. The third-order valence-electron chi connectivity index (χ3n) is 4.14. The molecule has 108 valence electrons. The van der Waals surface area contributed by atoms with Crippen LogP contribution in [-0.2, 0) is 16.0 Å². The Morgan fingerprint density at radius 2 is 1.90 bits per heavy atom. The van der Waals surface area contributed by atoms with Gasteiger partial charge in [0.25, 0.3) is 0 Å². The van der Waals surface area contributed by atoms with E-state index in [-0.39, 0.29) is 17.9 Å². The van der Waals surface area contributed by atoms with Gasteiger partial charge in [0.15, 0.2) is 0 Å². The molecule has 1 fully saturated rings. The van der Waals surface area contributed by atoms with Crippen molar-refractivity contribution in [2.24, 2.45) is 5.41 Å². The fourth-order valence-corrected chi connectivity index (χ4v) is 2.88. The number of hydrogen-bond acceptors (Lipinski definition) is 2. The third kappa shape index (κ3) is 3.00. The molecule has 0 spiro atoms. The SMILES string of the molecule is CCN(CC(=O)O)C(=O)C1(Cc2ccccc2)CCC1. The lowest BCUT2D eigenvalue weighted by molar-refractivity contribution is -0.153. The number of rotatable bonds is 6. The summed E-state index contributed by atoms with van der Waals surface area (Å²) < 4.78 is 0. The predicted molar refractivity (Wildman–Crippen MR) is 76.3 cm³/mol. The van der Waals surface area contributed by atoms with Gasteiger partial charge in [0.05, 0.1) is 5.41 Å². The van der Waals surface area contributed by atoms with E-state index in [1.54, 1.807) is 0 Å². The Bertz CT molecular complexity index is 480. The van der Waals surface area contributed by atoms with E-state index in [2.05, 4.69) is 0 Å². The molecule has 0 saturated heterocycles. The number of carbonyl (C=O) groups excluding carboxylic acids is 1. The molecular weight excluding hydrogens is 254 g/mol. The van der Waals surface area contributed by atoms with Crippen molar-refractivity contribution >= 4 is 11.9 Å². The number of hydrogen-bond donors (Lipinski definition) is 1. The van der Waals surface area contributed by atoms with Gasteiger partial charge in [0.1, 0.15) is 6.54 Å². The van der Waals surface area contributed by atoms with Gasteiger partial charge in [0.2, 0.25) is 5.91 Å². The van der Waals surface area contributed by atoms with Gasteiger partial charge in [-0.15, -0.1) is 0 Å². The second-order valence-electron chi connectivity index (χ2n) is 5.51.